The topological polar surface area (TPSA) is 63.6 Å². The van der Waals surface area contributed by atoms with Crippen LogP contribution in [0.3, 0.4) is 0 Å². The van der Waals surface area contributed by atoms with Gasteiger partial charge in [-0.2, -0.15) is 5.10 Å². The molecule has 5 heteroatoms. The van der Waals surface area contributed by atoms with Gasteiger partial charge in [-0.25, -0.2) is 5.43 Å². The van der Waals surface area contributed by atoms with E-state index >= 15 is 0 Å². The number of pyridine rings is 1. The highest BCUT2D eigenvalue weighted by Crippen LogP contribution is 2.10. The molecule has 0 radical (unpaired) electrons. The van der Waals surface area contributed by atoms with Crippen molar-refractivity contribution in [1.82, 2.24) is 10.4 Å². The van der Waals surface area contributed by atoms with E-state index in [9.17, 15) is 4.79 Å². The fourth-order valence-electron chi connectivity index (χ4n) is 1.44. The van der Waals surface area contributed by atoms with Crippen molar-refractivity contribution in [3.05, 3.63) is 59.9 Å². The number of nitrogens with one attached hydrogen (secondary N) is 1. The minimum Gasteiger partial charge on any atom is -0.484 e. The van der Waals surface area contributed by atoms with Crippen LogP contribution < -0.4 is 10.2 Å². The van der Waals surface area contributed by atoms with Crippen LogP contribution in [0.1, 0.15) is 11.3 Å². The van der Waals surface area contributed by atoms with Gasteiger partial charge in [0.25, 0.3) is 5.91 Å². The fraction of sp³-hybridized carbons (Fsp3) is 0.133. The summed E-state index contributed by atoms with van der Waals surface area (Å²) in [5.41, 5.74) is 4.19. The highest BCUT2D eigenvalue weighted by atomic mass is 16.5. The third-order valence-corrected chi connectivity index (χ3v) is 2.46. The highest BCUT2D eigenvalue weighted by molar-refractivity contribution is 5.81. The van der Waals surface area contributed by atoms with Crippen molar-refractivity contribution in [1.29, 1.82) is 0 Å². The van der Waals surface area contributed by atoms with Crippen LogP contribution in [0.25, 0.3) is 0 Å². The van der Waals surface area contributed by atoms with Crippen LogP contribution in [0.2, 0.25) is 0 Å². The molecule has 1 heterocycles. The van der Waals surface area contributed by atoms with Crippen molar-refractivity contribution in [2.75, 3.05) is 6.61 Å². The Labute approximate surface area is 117 Å². The Morgan fingerprint density at radius 2 is 2.10 bits per heavy atom. The maximum absolute atomic E-state index is 11.5. The smallest absolute Gasteiger partial charge is 0.277 e. The van der Waals surface area contributed by atoms with E-state index in [4.69, 9.17) is 4.74 Å². The number of rotatable bonds is 5. The van der Waals surface area contributed by atoms with Gasteiger partial charge in [-0.05, 0) is 31.2 Å². The first kappa shape index (κ1) is 13.7. The van der Waals surface area contributed by atoms with Gasteiger partial charge in [-0.3, -0.25) is 9.78 Å². The van der Waals surface area contributed by atoms with Crippen LogP contribution in [-0.4, -0.2) is 23.7 Å². The summed E-state index contributed by atoms with van der Waals surface area (Å²) in [5, 5.41) is 3.80. The number of ether oxygens (including phenoxy) is 1. The summed E-state index contributed by atoms with van der Waals surface area (Å²) >= 11 is 0. The number of carbonyl (C=O) groups excluding carboxylic acids is 1. The molecular weight excluding hydrogens is 254 g/mol. The third-order valence-electron chi connectivity index (χ3n) is 2.46. The van der Waals surface area contributed by atoms with E-state index in [0.717, 1.165) is 5.56 Å². The molecule has 102 valence electrons. The van der Waals surface area contributed by atoms with Crippen molar-refractivity contribution in [2.24, 2.45) is 5.10 Å². The first-order valence-corrected chi connectivity index (χ1v) is 6.16. The van der Waals surface area contributed by atoms with E-state index in [0.29, 0.717) is 11.4 Å². The molecule has 1 aromatic carbocycles. The zero-order chi connectivity index (χ0) is 14.2. The number of carbonyl (C=O) groups is 1. The third kappa shape index (κ3) is 4.53. The lowest BCUT2D eigenvalue weighted by molar-refractivity contribution is -0.123. The van der Waals surface area contributed by atoms with Crippen molar-refractivity contribution < 1.29 is 9.53 Å². The summed E-state index contributed by atoms with van der Waals surface area (Å²) in [6, 6.07) is 12.9. The summed E-state index contributed by atoms with van der Waals surface area (Å²) < 4.78 is 5.32. The molecule has 0 aliphatic heterocycles. The Morgan fingerprint density at radius 3 is 2.80 bits per heavy atom. The lowest BCUT2D eigenvalue weighted by atomic mass is 10.2. The number of nitrogens with zero attached hydrogens (tertiary/aromatic N) is 2. The van der Waals surface area contributed by atoms with Crippen LogP contribution in [0.15, 0.2) is 53.8 Å². The normalized spacial score (nSPS) is 10.4. The van der Waals surface area contributed by atoms with Gasteiger partial charge in [-0.1, -0.05) is 23.8 Å². The lowest BCUT2D eigenvalue weighted by Crippen LogP contribution is -2.24. The van der Waals surface area contributed by atoms with Gasteiger partial charge in [0.05, 0.1) is 11.9 Å². The van der Waals surface area contributed by atoms with Crippen LogP contribution >= 0.6 is 0 Å². The Morgan fingerprint density at radius 1 is 1.30 bits per heavy atom. The standard InChI is InChI=1S/C15H15N3O2/c1-12-5-7-14(8-6-12)20-11-15(19)18-17-10-13-4-2-3-9-16-13/h2-10H,11H2,1H3,(H,18,19)/b17-10+. The minimum atomic E-state index is -0.322. The maximum Gasteiger partial charge on any atom is 0.277 e. The van der Waals surface area contributed by atoms with Crippen molar-refractivity contribution in [3.63, 3.8) is 0 Å². The van der Waals surface area contributed by atoms with E-state index in [1.807, 2.05) is 43.3 Å². The molecule has 0 atom stereocenters. The first-order valence-electron chi connectivity index (χ1n) is 6.16. The molecule has 2 aromatic rings. The molecule has 20 heavy (non-hydrogen) atoms. The fourth-order valence-corrected chi connectivity index (χ4v) is 1.44. The Balaban J connectivity index is 1.76. The monoisotopic (exact) mass is 269 g/mol. The molecule has 0 aliphatic carbocycles. The van der Waals surface area contributed by atoms with E-state index in [1.54, 1.807) is 12.3 Å². The van der Waals surface area contributed by atoms with E-state index < -0.39 is 0 Å². The van der Waals surface area contributed by atoms with Crippen molar-refractivity contribution in [3.8, 4) is 5.75 Å². The molecule has 0 aliphatic rings. The number of hydrazone groups is 1. The predicted octanol–water partition coefficient (Wildman–Crippen LogP) is 1.92. The minimum absolute atomic E-state index is 0.0807. The lowest BCUT2D eigenvalue weighted by Gasteiger charge is -2.04. The second kappa shape index (κ2) is 7.04. The van der Waals surface area contributed by atoms with Gasteiger partial charge < -0.3 is 4.74 Å². The maximum atomic E-state index is 11.5. The van der Waals surface area contributed by atoms with Gasteiger partial charge in [0.1, 0.15) is 5.75 Å². The van der Waals surface area contributed by atoms with Crippen molar-refractivity contribution >= 4 is 12.1 Å². The molecule has 1 amide bonds. The molecule has 2 rings (SSSR count). The summed E-state index contributed by atoms with van der Waals surface area (Å²) in [6.45, 7) is 1.91. The molecular formula is C15H15N3O2. The molecule has 1 N–H and O–H groups in total. The number of benzene rings is 1. The Bertz CT molecular complexity index is 580. The van der Waals surface area contributed by atoms with Gasteiger partial charge in [0.15, 0.2) is 6.61 Å². The average molecular weight is 269 g/mol. The molecule has 0 spiro atoms. The highest BCUT2D eigenvalue weighted by Gasteiger charge is 2.00. The van der Waals surface area contributed by atoms with Crippen LogP contribution in [-0.2, 0) is 4.79 Å². The second-order valence-corrected chi connectivity index (χ2v) is 4.15. The van der Waals surface area contributed by atoms with Gasteiger partial charge in [0, 0.05) is 6.20 Å². The van der Waals surface area contributed by atoms with Crippen LogP contribution in [0, 0.1) is 6.92 Å². The number of aromatic nitrogens is 1. The Kier molecular flexibility index (Phi) is 4.83. The summed E-state index contributed by atoms with van der Waals surface area (Å²) in [4.78, 5) is 15.5. The SMILES string of the molecule is Cc1ccc(OCC(=O)N/N=C/c2ccccn2)cc1. The average Bonchev–Trinajstić information content (AvgIpc) is 2.48. The summed E-state index contributed by atoms with van der Waals surface area (Å²) in [6.07, 6.45) is 3.13. The molecule has 5 nitrogen and oxygen atoms in total. The number of hydrogen-bond acceptors (Lipinski definition) is 4. The zero-order valence-corrected chi connectivity index (χ0v) is 11.1. The van der Waals surface area contributed by atoms with E-state index in [1.165, 1.54) is 6.21 Å². The molecule has 0 saturated heterocycles. The molecule has 0 unspecified atom stereocenters. The molecule has 0 bridgehead atoms. The van der Waals surface area contributed by atoms with E-state index in [2.05, 4.69) is 15.5 Å². The van der Waals surface area contributed by atoms with Crippen LogP contribution in [0.4, 0.5) is 0 Å². The van der Waals surface area contributed by atoms with Gasteiger partial charge in [0.2, 0.25) is 0 Å². The van der Waals surface area contributed by atoms with Crippen LogP contribution in [0.5, 0.6) is 5.75 Å². The van der Waals surface area contributed by atoms with Gasteiger partial charge in [-0.15, -0.1) is 0 Å². The quantitative estimate of drug-likeness (QED) is 0.666. The second-order valence-electron chi connectivity index (χ2n) is 4.15. The predicted molar refractivity (Wildman–Crippen MR) is 76.6 cm³/mol. The zero-order valence-electron chi connectivity index (χ0n) is 11.1. The number of amides is 1. The number of hydrogen-bond donors (Lipinski definition) is 1. The van der Waals surface area contributed by atoms with Gasteiger partial charge >= 0.3 is 0 Å². The van der Waals surface area contributed by atoms with E-state index in [-0.39, 0.29) is 12.5 Å². The molecule has 0 fully saturated rings. The Hall–Kier alpha value is -2.69. The summed E-state index contributed by atoms with van der Waals surface area (Å²) in [7, 11) is 0. The van der Waals surface area contributed by atoms with Crippen molar-refractivity contribution in [2.45, 2.75) is 6.92 Å². The molecule has 1 aromatic heterocycles. The number of aryl methyl sites for hydroxylation is 1. The largest absolute Gasteiger partial charge is 0.484 e. The summed E-state index contributed by atoms with van der Waals surface area (Å²) in [5.74, 6) is 0.331. The molecule has 0 saturated carbocycles. The first-order chi connectivity index (χ1) is 9.74.